The van der Waals surface area contributed by atoms with Gasteiger partial charge in [0.15, 0.2) is 5.82 Å². The van der Waals surface area contributed by atoms with Crippen molar-refractivity contribution in [2.45, 2.75) is 25.1 Å². The zero-order valence-electron chi connectivity index (χ0n) is 12.9. The van der Waals surface area contributed by atoms with Crippen LogP contribution in [0.5, 0.6) is 0 Å². The number of sulfonamides is 1. The molecule has 3 heterocycles. The van der Waals surface area contributed by atoms with E-state index in [2.05, 4.69) is 10.1 Å². The molecule has 0 aliphatic carbocycles. The highest BCUT2D eigenvalue weighted by Gasteiger charge is 2.36. The minimum absolute atomic E-state index is 0.188. The number of hydrogen-bond acceptors (Lipinski definition) is 7. The van der Waals surface area contributed by atoms with E-state index < -0.39 is 15.9 Å². The van der Waals surface area contributed by atoms with Crippen LogP contribution in [0.1, 0.15) is 34.6 Å². The first-order valence-corrected chi connectivity index (χ1v) is 9.36. The molecule has 4 rings (SSSR count). The zero-order chi connectivity index (χ0) is 16.7. The van der Waals surface area contributed by atoms with Crippen LogP contribution in [-0.2, 0) is 22.3 Å². The van der Waals surface area contributed by atoms with Crippen molar-refractivity contribution in [2.75, 3.05) is 18.0 Å². The van der Waals surface area contributed by atoms with Crippen LogP contribution in [0.4, 0.5) is 6.01 Å². The van der Waals surface area contributed by atoms with Gasteiger partial charge < -0.3 is 9.42 Å². The Morgan fingerprint density at radius 2 is 1.92 bits per heavy atom. The Bertz CT molecular complexity index is 886. The maximum Gasteiger partial charge on any atom is 0.324 e. The van der Waals surface area contributed by atoms with Gasteiger partial charge in [-0.05, 0) is 24.5 Å². The van der Waals surface area contributed by atoms with Crippen molar-refractivity contribution in [3.63, 3.8) is 0 Å². The highest BCUT2D eigenvalue weighted by Crippen LogP contribution is 2.26. The molecule has 2 aromatic rings. The summed E-state index contributed by atoms with van der Waals surface area (Å²) in [6.07, 6.45) is 2.13. The smallest absolute Gasteiger partial charge is 0.324 e. The Morgan fingerprint density at radius 1 is 1.17 bits per heavy atom. The first-order chi connectivity index (χ1) is 11.5. The van der Waals surface area contributed by atoms with E-state index in [0.717, 1.165) is 30.2 Å². The van der Waals surface area contributed by atoms with E-state index in [9.17, 15) is 13.2 Å². The summed E-state index contributed by atoms with van der Waals surface area (Å²) in [4.78, 5) is 18.7. The van der Waals surface area contributed by atoms with Gasteiger partial charge in [0.2, 0.25) is 10.0 Å². The second kappa shape index (κ2) is 5.59. The van der Waals surface area contributed by atoms with Gasteiger partial charge in [-0.2, -0.15) is 4.98 Å². The molecule has 0 radical (unpaired) electrons. The maximum absolute atomic E-state index is 12.5. The first kappa shape index (κ1) is 15.1. The SMILES string of the molecule is O=C1c2ccccc2CS(=O)(=O)N1Cc1noc(N2CCCC2)n1. The van der Waals surface area contributed by atoms with Crippen molar-refractivity contribution in [1.29, 1.82) is 0 Å². The summed E-state index contributed by atoms with van der Waals surface area (Å²) >= 11 is 0. The van der Waals surface area contributed by atoms with Crippen LogP contribution < -0.4 is 4.90 Å². The molecule has 1 aromatic carbocycles. The number of aromatic nitrogens is 2. The van der Waals surface area contributed by atoms with Gasteiger partial charge in [0.25, 0.3) is 5.91 Å². The predicted octanol–water partition coefficient (Wildman–Crippen LogP) is 1.16. The van der Waals surface area contributed by atoms with E-state index in [4.69, 9.17) is 4.52 Å². The third-order valence-electron chi connectivity index (χ3n) is 4.27. The van der Waals surface area contributed by atoms with Gasteiger partial charge in [0.05, 0.1) is 5.75 Å². The second-order valence-electron chi connectivity index (χ2n) is 5.91. The van der Waals surface area contributed by atoms with Crippen molar-refractivity contribution in [3.05, 3.63) is 41.2 Å². The predicted molar refractivity (Wildman–Crippen MR) is 84.7 cm³/mol. The maximum atomic E-state index is 12.5. The molecule has 0 N–H and O–H groups in total. The van der Waals surface area contributed by atoms with E-state index >= 15 is 0 Å². The van der Waals surface area contributed by atoms with Crippen molar-refractivity contribution in [1.82, 2.24) is 14.4 Å². The average Bonchev–Trinajstić information content (AvgIpc) is 3.22. The molecule has 0 bridgehead atoms. The lowest BCUT2D eigenvalue weighted by Gasteiger charge is -2.26. The number of rotatable bonds is 3. The number of amides is 1. The molecule has 0 spiro atoms. The van der Waals surface area contributed by atoms with Crippen LogP contribution >= 0.6 is 0 Å². The lowest BCUT2D eigenvalue weighted by molar-refractivity contribution is 0.0846. The Labute approximate surface area is 139 Å². The number of anilines is 1. The van der Waals surface area contributed by atoms with Gasteiger partial charge in [-0.15, -0.1) is 0 Å². The Morgan fingerprint density at radius 3 is 2.71 bits per heavy atom. The normalized spacial score (nSPS) is 19.6. The quantitative estimate of drug-likeness (QED) is 0.821. The van der Waals surface area contributed by atoms with Crippen LogP contribution in [0.3, 0.4) is 0 Å². The fraction of sp³-hybridized carbons (Fsp3) is 0.400. The molecule has 126 valence electrons. The number of benzene rings is 1. The molecule has 2 aliphatic heterocycles. The zero-order valence-corrected chi connectivity index (χ0v) is 13.7. The van der Waals surface area contributed by atoms with Crippen LogP contribution in [0.2, 0.25) is 0 Å². The fourth-order valence-electron chi connectivity index (χ4n) is 3.03. The van der Waals surface area contributed by atoms with Gasteiger partial charge >= 0.3 is 6.01 Å². The lowest BCUT2D eigenvalue weighted by atomic mass is 10.1. The number of carbonyl (C=O) groups is 1. The van der Waals surface area contributed by atoms with Crippen LogP contribution in [0, 0.1) is 0 Å². The summed E-state index contributed by atoms with van der Waals surface area (Å²) in [7, 11) is -3.75. The topological polar surface area (TPSA) is 96.6 Å². The summed E-state index contributed by atoms with van der Waals surface area (Å²) in [5.41, 5.74) is 0.917. The van der Waals surface area contributed by atoms with Gasteiger partial charge in [-0.25, -0.2) is 12.7 Å². The summed E-state index contributed by atoms with van der Waals surface area (Å²) in [6, 6.07) is 7.10. The molecule has 1 aromatic heterocycles. The standard InChI is InChI=1S/C15H16N4O4S/c20-14-12-6-2-1-5-11(12)10-24(21,22)19(14)9-13-16-15(23-17-13)18-7-3-4-8-18/h1-2,5-6H,3-4,7-10H2. The second-order valence-corrected chi connectivity index (χ2v) is 7.81. The van der Waals surface area contributed by atoms with Crippen molar-refractivity contribution in [2.24, 2.45) is 0 Å². The number of fused-ring (bicyclic) bond motifs is 1. The van der Waals surface area contributed by atoms with E-state index in [1.807, 2.05) is 4.90 Å². The van der Waals surface area contributed by atoms with E-state index in [0.29, 0.717) is 17.1 Å². The molecule has 0 saturated carbocycles. The third-order valence-corrected chi connectivity index (χ3v) is 5.91. The van der Waals surface area contributed by atoms with E-state index in [1.165, 1.54) is 0 Å². The largest absolute Gasteiger partial charge is 0.324 e. The molecule has 0 atom stereocenters. The van der Waals surface area contributed by atoms with Crippen molar-refractivity contribution >= 4 is 21.9 Å². The number of nitrogens with zero attached hydrogens (tertiary/aromatic N) is 4. The highest BCUT2D eigenvalue weighted by atomic mass is 32.2. The summed E-state index contributed by atoms with van der Waals surface area (Å²) < 4.78 is 30.9. The molecule has 1 amide bonds. The van der Waals surface area contributed by atoms with E-state index in [1.54, 1.807) is 24.3 Å². The van der Waals surface area contributed by atoms with Crippen LogP contribution in [0.25, 0.3) is 0 Å². The molecule has 24 heavy (non-hydrogen) atoms. The monoisotopic (exact) mass is 348 g/mol. The van der Waals surface area contributed by atoms with Crippen LogP contribution in [0.15, 0.2) is 28.8 Å². The molecule has 8 nitrogen and oxygen atoms in total. The van der Waals surface area contributed by atoms with Crippen molar-refractivity contribution < 1.29 is 17.7 Å². The molecular formula is C15H16N4O4S. The average molecular weight is 348 g/mol. The number of hydrogen-bond donors (Lipinski definition) is 0. The third kappa shape index (κ3) is 2.54. The molecule has 2 aliphatic rings. The van der Waals surface area contributed by atoms with Gasteiger partial charge in [0, 0.05) is 18.7 Å². The number of carbonyl (C=O) groups excluding carboxylic acids is 1. The Balaban J connectivity index is 1.61. The Hall–Kier alpha value is -2.42. The summed E-state index contributed by atoms with van der Waals surface area (Å²) in [6.45, 7) is 1.47. The molecule has 9 heteroatoms. The van der Waals surface area contributed by atoms with Gasteiger partial charge in [-0.3, -0.25) is 4.79 Å². The molecule has 1 fully saturated rings. The summed E-state index contributed by atoms with van der Waals surface area (Å²) in [5.74, 6) is -0.566. The Kier molecular flexibility index (Phi) is 3.52. The molecule has 1 saturated heterocycles. The lowest BCUT2D eigenvalue weighted by Crippen LogP contribution is -2.41. The van der Waals surface area contributed by atoms with E-state index in [-0.39, 0.29) is 18.1 Å². The minimum Gasteiger partial charge on any atom is -0.324 e. The summed E-state index contributed by atoms with van der Waals surface area (Å²) in [5, 5.41) is 3.82. The highest BCUT2D eigenvalue weighted by molar-refractivity contribution is 7.89. The van der Waals surface area contributed by atoms with Crippen molar-refractivity contribution in [3.8, 4) is 0 Å². The molecular weight excluding hydrogens is 332 g/mol. The fourth-order valence-corrected chi connectivity index (χ4v) is 4.50. The first-order valence-electron chi connectivity index (χ1n) is 7.75. The van der Waals surface area contributed by atoms with Crippen LogP contribution in [-0.4, -0.2) is 41.9 Å². The minimum atomic E-state index is -3.75. The van der Waals surface area contributed by atoms with Gasteiger partial charge in [-0.1, -0.05) is 23.4 Å². The molecule has 0 unspecified atom stereocenters. The van der Waals surface area contributed by atoms with Gasteiger partial charge in [0.1, 0.15) is 6.54 Å².